The van der Waals surface area contributed by atoms with Gasteiger partial charge in [0.1, 0.15) is 11.3 Å². The molecule has 0 bridgehead atoms. The van der Waals surface area contributed by atoms with Crippen molar-refractivity contribution in [1.29, 1.82) is 0 Å². The van der Waals surface area contributed by atoms with Crippen LogP contribution in [0.15, 0.2) is 58.3 Å². The summed E-state index contributed by atoms with van der Waals surface area (Å²) in [6.45, 7) is 0.0957. The summed E-state index contributed by atoms with van der Waals surface area (Å²) >= 11 is 0. The van der Waals surface area contributed by atoms with E-state index >= 15 is 0 Å². The Morgan fingerprint density at radius 2 is 1.97 bits per heavy atom. The molecule has 1 aromatic heterocycles. The van der Waals surface area contributed by atoms with Crippen molar-refractivity contribution < 1.29 is 19.0 Å². The molecule has 9 heteroatoms. The van der Waals surface area contributed by atoms with Crippen LogP contribution in [0.25, 0.3) is 0 Å². The molecule has 0 atom stereocenters. The van der Waals surface area contributed by atoms with Gasteiger partial charge < -0.3 is 24.5 Å². The lowest BCUT2D eigenvalue weighted by Gasteiger charge is -2.11. The zero-order valence-electron chi connectivity index (χ0n) is 15.4. The van der Waals surface area contributed by atoms with Gasteiger partial charge in [0.15, 0.2) is 11.5 Å². The van der Waals surface area contributed by atoms with Gasteiger partial charge in [-0.2, -0.15) is 0 Å². The minimum atomic E-state index is -0.709. The maximum absolute atomic E-state index is 12.8. The number of nitrogens with zero attached hydrogens (tertiary/aromatic N) is 1. The number of ether oxygens (including phenoxy) is 3. The molecule has 0 unspecified atom stereocenters. The molecule has 29 heavy (non-hydrogen) atoms. The Kier molecular flexibility index (Phi) is 4.78. The van der Waals surface area contributed by atoms with Crippen LogP contribution in [0.4, 0.5) is 5.69 Å². The van der Waals surface area contributed by atoms with E-state index in [4.69, 9.17) is 14.2 Å². The Hall–Kier alpha value is -4.01. The first kappa shape index (κ1) is 18.4. The Balaban J connectivity index is 1.64. The first-order valence-electron chi connectivity index (χ1n) is 8.72. The van der Waals surface area contributed by atoms with Gasteiger partial charge in [-0.25, -0.2) is 4.79 Å². The van der Waals surface area contributed by atoms with E-state index in [-0.39, 0.29) is 18.9 Å². The molecule has 3 aromatic rings. The van der Waals surface area contributed by atoms with Crippen LogP contribution in [0.5, 0.6) is 17.2 Å². The highest BCUT2D eigenvalue weighted by atomic mass is 16.7. The number of rotatable bonds is 5. The lowest BCUT2D eigenvalue weighted by molar-refractivity contribution is 0.102. The van der Waals surface area contributed by atoms with Crippen LogP contribution in [-0.2, 0) is 6.54 Å². The molecular weight excluding hydrogens is 378 g/mol. The smallest absolute Gasteiger partial charge is 0.328 e. The minimum absolute atomic E-state index is 0.0272. The first-order chi connectivity index (χ1) is 14.1. The number of aromatic nitrogens is 2. The average Bonchev–Trinajstić information content (AvgIpc) is 3.19. The quantitative estimate of drug-likeness (QED) is 0.678. The van der Waals surface area contributed by atoms with E-state index < -0.39 is 17.2 Å². The highest BCUT2D eigenvalue weighted by Gasteiger charge is 2.18. The highest BCUT2D eigenvalue weighted by molar-refractivity contribution is 6.04. The number of carbonyl (C=O) groups excluding carboxylic acids is 1. The summed E-state index contributed by atoms with van der Waals surface area (Å²) in [5.74, 6) is 0.929. The maximum atomic E-state index is 12.8. The van der Waals surface area contributed by atoms with E-state index in [9.17, 15) is 14.4 Å². The van der Waals surface area contributed by atoms with Crippen molar-refractivity contribution in [2.75, 3.05) is 19.2 Å². The fraction of sp³-hybridized carbons (Fsp3) is 0.150. The number of fused-ring (bicyclic) bond motifs is 1. The number of nitrogens with one attached hydrogen (secondary N) is 2. The van der Waals surface area contributed by atoms with Crippen LogP contribution in [-0.4, -0.2) is 29.4 Å². The third kappa shape index (κ3) is 3.57. The Morgan fingerprint density at radius 3 is 2.79 bits per heavy atom. The number of methoxy groups -OCH3 is 1. The van der Waals surface area contributed by atoms with Gasteiger partial charge in [0.2, 0.25) is 6.79 Å². The summed E-state index contributed by atoms with van der Waals surface area (Å²) in [6, 6.07) is 11.9. The summed E-state index contributed by atoms with van der Waals surface area (Å²) in [7, 11) is 1.48. The van der Waals surface area contributed by atoms with Crippen molar-refractivity contribution in [3.05, 3.63) is 80.6 Å². The van der Waals surface area contributed by atoms with Crippen molar-refractivity contribution in [2.24, 2.45) is 0 Å². The number of H-pyrrole nitrogens is 1. The molecular formula is C20H17N3O6. The number of hydrogen-bond donors (Lipinski definition) is 2. The second-order valence-corrected chi connectivity index (χ2v) is 6.24. The Labute approximate surface area is 164 Å². The standard InChI is InChI=1S/C20H17N3O6/c1-27-15-5-3-2-4-14(15)22-18(24)13-9-21-20(26)23(19(13)25)10-12-6-7-16-17(8-12)29-11-28-16/h2-9H,10-11H2,1H3,(H,21,26)(H,22,24). The van der Waals surface area contributed by atoms with Crippen molar-refractivity contribution in [2.45, 2.75) is 6.54 Å². The van der Waals surface area contributed by atoms with E-state index in [0.717, 1.165) is 10.8 Å². The first-order valence-corrected chi connectivity index (χ1v) is 8.72. The zero-order chi connectivity index (χ0) is 20.4. The van der Waals surface area contributed by atoms with Crippen molar-refractivity contribution >= 4 is 11.6 Å². The zero-order valence-corrected chi connectivity index (χ0v) is 15.4. The molecule has 2 N–H and O–H groups in total. The number of carbonyl (C=O) groups is 1. The van der Waals surface area contributed by atoms with Gasteiger partial charge in [-0.05, 0) is 29.8 Å². The molecule has 4 rings (SSSR count). The van der Waals surface area contributed by atoms with Gasteiger partial charge in [0, 0.05) is 6.20 Å². The molecule has 2 aromatic carbocycles. The number of benzene rings is 2. The highest BCUT2D eigenvalue weighted by Crippen LogP contribution is 2.32. The number of hydrogen-bond acceptors (Lipinski definition) is 6. The molecule has 0 saturated carbocycles. The molecule has 0 aliphatic carbocycles. The van der Waals surface area contributed by atoms with Gasteiger partial charge in [-0.15, -0.1) is 0 Å². The lowest BCUT2D eigenvalue weighted by atomic mass is 10.2. The van der Waals surface area contributed by atoms with E-state index in [1.54, 1.807) is 42.5 Å². The summed E-state index contributed by atoms with van der Waals surface area (Å²) in [6.07, 6.45) is 1.10. The minimum Gasteiger partial charge on any atom is -0.495 e. The van der Waals surface area contributed by atoms with E-state index in [2.05, 4.69) is 10.3 Å². The van der Waals surface area contributed by atoms with Gasteiger partial charge in [0.25, 0.3) is 11.5 Å². The SMILES string of the molecule is COc1ccccc1NC(=O)c1c[nH]c(=O)n(Cc2ccc3c(c2)OCO3)c1=O. The molecule has 1 amide bonds. The predicted molar refractivity (Wildman–Crippen MR) is 104 cm³/mol. The van der Waals surface area contributed by atoms with Crippen LogP contribution in [0.2, 0.25) is 0 Å². The number of aromatic amines is 1. The number of para-hydroxylation sites is 2. The van der Waals surface area contributed by atoms with Crippen LogP contribution >= 0.6 is 0 Å². The third-order valence-electron chi connectivity index (χ3n) is 4.44. The van der Waals surface area contributed by atoms with E-state index in [1.807, 2.05) is 0 Å². The second kappa shape index (κ2) is 7.55. The van der Waals surface area contributed by atoms with Crippen LogP contribution in [0.3, 0.4) is 0 Å². The predicted octanol–water partition coefficient (Wildman–Crippen LogP) is 1.57. The van der Waals surface area contributed by atoms with E-state index in [0.29, 0.717) is 28.5 Å². The van der Waals surface area contributed by atoms with Crippen molar-refractivity contribution in [3.63, 3.8) is 0 Å². The van der Waals surface area contributed by atoms with Crippen LogP contribution < -0.4 is 30.8 Å². The molecule has 9 nitrogen and oxygen atoms in total. The molecule has 148 valence electrons. The molecule has 0 fully saturated rings. The number of anilines is 1. The molecule has 0 saturated heterocycles. The molecule has 1 aliphatic rings. The summed E-state index contributed by atoms with van der Waals surface area (Å²) in [5, 5.41) is 2.63. The molecule has 1 aliphatic heterocycles. The van der Waals surface area contributed by atoms with Crippen LogP contribution in [0.1, 0.15) is 15.9 Å². The second-order valence-electron chi connectivity index (χ2n) is 6.24. The van der Waals surface area contributed by atoms with Gasteiger partial charge in [-0.3, -0.25) is 14.2 Å². The molecule has 2 heterocycles. The summed E-state index contributed by atoms with van der Waals surface area (Å²) in [4.78, 5) is 40.1. The Bertz CT molecular complexity index is 1200. The topological polar surface area (TPSA) is 112 Å². The average molecular weight is 395 g/mol. The molecule has 0 radical (unpaired) electrons. The number of amides is 1. The van der Waals surface area contributed by atoms with Gasteiger partial charge in [0.05, 0.1) is 19.3 Å². The molecule has 0 spiro atoms. The van der Waals surface area contributed by atoms with Crippen LogP contribution in [0, 0.1) is 0 Å². The summed E-state index contributed by atoms with van der Waals surface area (Å²) in [5.41, 5.74) is -0.464. The Morgan fingerprint density at radius 1 is 1.17 bits per heavy atom. The fourth-order valence-electron chi connectivity index (χ4n) is 2.98. The van der Waals surface area contributed by atoms with Crippen molar-refractivity contribution in [3.8, 4) is 17.2 Å². The largest absolute Gasteiger partial charge is 0.495 e. The third-order valence-corrected chi connectivity index (χ3v) is 4.44. The van der Waals surface area contributed by atoms with Crippen molar-refractivity contribution in [1.82, 2.24) is 9.55 Å². The van der Waals surface area contributed by atoms with E-state index in [1.165, 1.54) is 7.11 Å². The fourth-order valence-corrected chi connectivity index (χ4v) is 2.98. The van der Waals surface area contributed by atoms with Gasteiger partial charge >= 0.3 is 5.69 Å². The lowest BCUT2D eigenvalue weighted by Crippen LogP contribution is -2.39. The normalized spacial score (nSPS) is 11.9. The summed E-state index contributed by atoms with van der Waals surface area (Å²) < 4.78 is 16.7. The van der Waals surface area contributed by atoms with Gasteiger partial charge in [-0.1, -0.05) is 18.2 Å². The monoisotopic (exact) mass is 395 g/mol. The maximum Gasteiger partial charge on any atom is 0.328 e.